The summed E-state index contributed by atoms with van der Waals surface area (Å²) in [6.45, 7) is 14.9. The summed E-state index contributed by atoms with van der Waals surface area (Å²) in [7, 11) is 0. The molecule has 0 amide bonds. The summed E-state index contributed by atoms with van der Waals surface area (Å²) in [6, 6.07) is 0. The molecule has 0 aliphatic rings. The van der Waals surface area contributed by atoms with Gasteiger partial charge in [-0.25, -0.2) is 19.6 Å². The highest BCUT2D eigenvalue weighted by atomic mass is 32.1. The van der Waals surface area contributed by atoms with Crippen LogP contribution in [0.3, 0.4) is 0 Å². The molecule has 4 nitrogen and oxygen atoms in total. The van der Waals surface area contributed by atoms with Crippen molar-refractivity contribution in [3.05, 3.63) is 12.2 Å². The van der Waals surface area contributed by atoms with Crippen molar-refractivity contribution >= 4 is 25.3 Å². The predicted molar refractivity (Wildman–Crippen MR) is 87.8 cm³/mol. The lowest BCUT2D eigenvalue weighted by molar-refractivity contribution is -0.373. The second kappa shape index (κ2) is 7.03. The molecule has 0 radical (unpaired) electrons. The van der Waals surface area contributed by atoms with Crippen LogP contribution in [-0.2, 0) is 19.6 Å². The zero-order valence-corrected chi connectivity index (χ0v) is 15.5. The molecule has 0 bridgehead atoms. The van der Waals surface area contributed by atoms with Crippen molar-refractivity contribution in [1.82, 2.24) is 0 Å². The lowest BCUT2D eigenvalue weighted by Gasteiger charge is -2.28. The van der Waals surface area contributed by atoms with E-state index in [-0.39, 0.29) is 0 Å². The summed E-state index contributed by atoms with van der Waals surface area (Å²) in [5.41, 5.74) is -0.818. The van der Waals surface area contributed by atoms with Crippen LogP contribution in [0.5, 0.6) is 0 Å². The van der Waals surface area contributed by atoms with Gasteiger partial charge in [-0.15, -0.1) is 25.3 Å². The monoisotopic (exact) mass is 324 g/mol. The number of hydrogen-bond acceptors (Lipinski definition) is 6. The van der Waals surface area contributed by atoms with E-state index in [0.29, 0.717) is 0 Å². The molecule has 0 aromatic heterocycles. The summed E-state index contributed by atoms with van der Waals surface area (Å²) >= 11 is 8.74. The molecule has 0 saturated heterocycles. The van der Waals surface area contributed by atoms with E-state index in [9.17, 15) is 0 Å². The molecule has 0 aromatic rings. The maximum absolute atomic E-state index is 5.28. The standard InChI is InChI=1S/C14H28O4S2/c1-11(2,3)15-17-13(7,19)9-10-14(8,20)18-16-12(4,5)6/h9-10,19-20H,1-8H3. The third kappa shape index (κ3) is 12.1. The Labute approximate surface area is 133 Å². The average molecular weight is 325 g/mol. The van der Waals surface area contributed by atoms with Crippen LogP contribution < -0.4 is 0 Å². The van der Waals surface area contributed by atoms with Crippen LogP contribution in [-0.4, -0.2) is 21.1 Å². The first-order chi connectivity index (χ1) is 8.62. The first-order valence-electron chi connectivity index (χ1n) is 6.51. The van der Waals surface area contributed by atoms with E-state index in [2.05, 4.69) is 25.3 Å². The van der Waals surface area contributed by atoms with Gasteiger partial charge in [0.2, 0.25) is 0 Å². The van der Waals surface area contributed by atoms with Crippen LogP contribution >= 0.6 is 25.3 Å². The SMILES string of the molecule is CC(C)(C)OOC(C)(S)C=CC(C)(S)OOC(C)(C)C. The van der Waals surface area contributed by atoms with Gasteiger partial charge in [-0.1, -0.05) is 0 Å². The molecule has 6 heteroatoms. The van der Waals surface area contributed by atoms with Gasteiger partial charge in [0, 0.05) is 0 Å². The third-order valence-electron chi connectivity index (χ3n) is 1.62. The van der Waals surface area contributed by atoms with Crippen LogP contribution in [0.2, 0.25) is 0 Å². The van der Waals surface area contributed by atoms with Gasteiger partial charge in [-0.05, 0) is 67.5 Å². The summed E-state index contributed by atoms with van der Waals surface area (Å²) in [5, 5.41) is 0. The van der Waals surface area contributed by atoms with Gasteiger partial charge in [-0.2, -0.15) is 0 Å². The van der Waals surface area contributed by atoms with Crippen LogP contribution in [0.15, 0.2) is 12.2 Å². The Kier molecular flexibility index (Phi) is 7.13. The molecule has 0 spiro atoms. The maximum Gasteiger partial charge on any atom is 0.161 e. The van der Waals surface area contributed by atoms with E-state index >= 15 is 0 Å². The summed E-state index contributed by atoms with van der Waals surface area (Å²) in [4.78, 5) is 19.3. The number of rotatable bonds is 6. The minimum atomic E-state index is -0.900. The van der Waals surface area contributed by atoms with E-state index in [4.69, 9.17) is 19.6 Å². The fourth-order valence-electron chi connectivity index (χ4n) is 0.784. The van der Waals surface area contributed by atoms with Crippen molar-refractivity contribution in [2.75, 3.05) is 0 Å². The molecule has 0 aliphatic heterocycles. The second-order valence-corrected chi connectivity index (χ2v) is 8.78. The molecule has 0 fully saturated rings. The molecule has 0 aromatic carbocycles. The zero-order chi connectivity index (χ0) is 16.2. The van der Waals surface area contributed by atoms with E-state index < -0.39 is 21.1 Å². The zero-order valence-electron chi connectivity index (χ0n) is 13.7. The highest BCUT2D eigenvalue weighted by Crippen LogP contribution is 2.26. The highest BCUT2D eigenvalue weighted by molar-refractivity contribution is 7.82. The molecule has 2 atom stereocenters. The number of thiol groups is 2. The molecule has 0 heterocycles. The molecular formula is C14H28O4S2. The molecular weight excluding hydrogens is 296 g/mol. The lowest BCUT2D eigenvalue weighted by atomic mass is 10.2. The Bertz CT molecular complexity index is 293. The smallest absolute Gasteiger partial charge is 0.161 e. The minimum Gasteiger partial charge on any atom is -0.229 e. The largest absolute Gasteiger partial charge is 0.229 e. The first kappa shape index (κ1) is 20.3. The van der Waals surface area contributed by atoms with Crippen LogP contribution in [0.25, 0.3) is 0 Å². The lowest BCUT2D eigenvalue weighted by Crippen LogP contribution is -2.30. The Morgan fingerprint density at radius 2 is 0.800 bits per heavy atom. The topological polar surface area (TPSA) is 36.9 Å². The summed E-state index contributed by atoms with van der Waals surface area (Å²) in [6.07, 6.45) is 3.39. The molecule has 2 unspecified atom stereocenters. The van der Waals surface area contributed by atoms with Crippen molar-refractivity contribution in [2.45, 2.75) is 76.5 Å². The fraction of sp³-hybridized carbons (Fsp3) is 0.857. The molecule has 0 aliphatic carbocycles. The Morgan fingerprint density at radius 3 is 1.00 bits per heavy atom. The predicted octanol–water partition coefficient (Wildman–Crippen LogP) is 4.33. The molecule has 0 saturated carbocycles. The normalized spacial score (nSPS) is 19.9. The van der Waals surface area contributed by atoms with Crippen molar-refractivity contribution in [3.63, 3.8) is 0 Å². The van der Waals surface area contributed by atoms with Crippen molar-refractivity contribution < 1.29 is 19.6 Å². The van der Waals surface area contributed by atoms with E-state index in [1.165, 1.54) is 0 Å². The molecule has 0 rings (SSSR count). The Hall–Kier alpha value is 0.280. The van der Waals surface area contributed by atoms with Crippen LogP contribution in [0, 0.1) is 0 Å². The Balaban J connectivity index is 4.50. The summed E-state index contributed by atoms with van der Waals surface area (Å²) < 4.78 is 0. The highest BCUT2D eigenvalue weighted by Gasteiger charge is 2.26. The maximum atomic E-state index is 5.28. The van der Waals surface area contributed by atoms with Crippen molar-refractivity contribution in [2.24, 2.45) is 0 Å². The molecule has 20 heavy (non-hydrogen) atoms. The van der Waals surface area contributed by atoms with Gasteiger partial charge in [0.25, 0.3) is 0 Å². The van der Waals surface area contributed by atoms with Gasteiger partial charge in [0.05, 0.1) is 11.2 Å². The van der Waals surface area contributed by atoms with E-state index in [1.54, 1.807) is 26.0 Å². The van der Waals surface area contributed by atoms with E-state index in [1.807, 2.05) is 41.5 Å². The quantitative estimate of drug-likeness (QED) is 0.251. The van der Waals surface area contributed by atoms with Gasteiger partial charge in [0.15, 0.2) is 9.87 Å². The average Bonchev–Trinajstić information content (AvgIpc) is 2.20. The van der Waals surface area contributed by atoms with E-state index in [0.717, 1.165) is 0 Å². The van der Waals surface area contributed by atoms with Crippen LogP contribution in [0.1, 0.15) is 55.4 Å². The third-order valence-corrected chi connectivity index (χ3v) is 2.07. The minimum absolute atomic E-state index is 0.409. The van der Waals surface area contributed by atoms with Crippen molar-refractivity contribution in [3.8, 4) is 0 Å². The summed E-state index contributed by atoms with van der Waals surface area (Å²) in [5.74, 6) is 0. The second-order valence-electron chi connectivity index (χ2n) is 7.00. The van der Waals surface area contributed by atoms with Crippen molar-refractivity contribution in [1.29, 1.82) is 0 Å². The molecule has 120 valence electrons. The fourth-order valence-corrected chi connectivity index (χ4v) is 1.01. The van der Waals surface area contributed by atoms with Gasteiger partial charge in [0.1, 0.15) is 0 Å². The van der Waals surface area contributed by atoms with Gasteiger partial charge >= 0.3 is 0 Å². The first-order valence-corrected chi connectivity index (χ1v) is 7.40. The van der Waals surface area contributed by atoms with Gasteiger partial charge < -0.3 is 0 Å². The van der Waals surface area contributed by atoms with Crippen LogP contribution in [0.4, 0.5) is 0 Å². The number of hydrogen-bond donors (Lipinski definition) is 2. The van der Waals surface area contributed by atoms with Gasteiger partial charge in [-0.3, -0.25) is 0 Å². The Morgan fingerprint density at radius 1 is 0.550 bits per heavy atom. The molecule has 0 N–H and O–H groups in total.